The first-order valence-electron chi connectivity index (χ1n) is 3.67. The highest BCUT2D eigenvalue weighted by molar-refractivity contribution is 7.86. The molecule has 1 N–H and O–H groups in total. The highest BCUT2D eigenvalue weighted by atomic mass is 32.2. The van der Waals surface area contributed by atoms with Crippen LogP contribution in [0.5, 0.6) is 0 Å². The number of nitrogens with zero attached hydrogens (tertiary/aromatic N) is 1. The van der Waals surface area contributed by atoms with Crippen LogP contribution in [-0.4, -0.2) is 18.5 Å². The van der Waals surface area contributed by atoms with Crippen LogP contribution in [0.15, 0.2) is 30.3 Å². The van der Waals surface area contributed by atoms with Crippen LogP contribution in [0, 0.1) is 11.3 Å². The zero-order valence-corrected chi connectivity index (χ0v) is 8.46. The molecule has 0 spiro atoms. The molecule has 0 saturated heterocycles. The number of hydrogen-bond acceptors (Lipinski definition) is 3. The van der Waals surface area contributed by atoms with Gasteiger partial charge in [0.05, 0.1) is 11.6 Å². The van der Waals surface area contributed by atoms with Gasteiger partial charge >= 0.3 is 15.6 Å². The van der Waals surface area contributed by atoms with Crippen LogP contribution in [0.25, 0.3) is 0 Å². The molecule has 4 nitrogen and oxygen atoms in total. The van der Waals surface area contributed by atoms with Crippen molar-refractivity contribution in [3.63, 3.8) is 0 Å². The fourth-order valence-electron chi connectivity index (χ4n) is 0.513. The lowest BCUT2D eigenvalue weighted by molar-refractivity contribution is -0.0510. The standard InChI is InChI=1S/C7H5N.CHF3O3S/c8-6-7-4-2-1-3-5-7;2-1(3,4)8(5,6)7/h1-5H;(H,5,6,7). The first kappa shape index (κ1) is 14.4. The van der Waals surface area contributed by atoms with Crippen LogP contribution < -0.4 is 0 Å². The highest BCUT2D eigenvalue weighted by Crippen LogP contribution is 2.20. The molecule has 0 saturated carbocycles. The predicted molar refractivity (Wildman–Crippen MR) is 48.8 cm³/mol. The van der Waals surface area contributed by atoms with Crippen LogP contribution in [-0.2, 0) is 10.1 Å². The van der Waals surface area contributed by atoms with Crippen LogP contribution in [0.3, 0.4) is 0 Å². The van der Waals surface area contributed by atoms with Gasteiger partial charge in [0.1, 0.15) is 0 Å². The Bertz CT molecular complexity index is 462. The van der Waals surface area contributed by atoms with Gasteiger partial charge in [0.25, 0.3) is 0 Å². The van der Waals surface area contributed by atoms with E-state index in [1.54, 1.807) is 12.1 Å². The van der Waals surface area contributed by atoms with E-state index in [1.165, 1.54) is 0 Å². The van der Waals surface area contributed by atoms with Crippen molar-refractivity contribution < 1.29 is 26.1 Å². The van der Waals surface area contributed by atoms with Crippen molar-refractivity contribution in [3.8, 4) is 6.07 Å². The Hall–Kier alpha value is -1.59. The normalized spacial score (nSPS) is 10.9. The Balaban J connectivity index is 0.000000281. The summed E-state index contributed by atoms with van der Waals surface area (Å²) in [5.74, 6) is 0. The molecule has 0 fully saturated rings. The molecule has 16 heavy (non-hydrogen) atoms. The van der Waals surface area contributed by atoms with E-state index >= 15 is 0 Å². The second-order valence-corrected chi connectivity index (χ2v) is 3.81. The van der Waals surface area contributed by atoms with Crippen molar-refractivity contribution in [1.82, 2.24) is 0 Å². The summed E-state index contributed by atoms with van der Waals surface area (Å²) < 4.78 is 57.5. The molecule has 0 aliphatic rings. The summed E-state index contributed by atoms with van der Waals surface area (Å²) in [6, 6.07) is 11.2. The zero-order valence-electron chi connectivity index (χ0n) is 7.64. The Morgan fingerprint density at radius 2 is 1.56 bits per heavy atom. The Kier molecular flexibility index (Phi) is 4.94. The molecule has 0 aromatic heterocycles. The molecule has 0 amide bonds. The van der Waals surface area contributed by atoms with Crippen LogP contribution in [0.4, 0.5) is 13.2 Å². The lowest BCUT2D eigenvalue weighted by atomic mass is 10.2. The SMILES string of the molecule is N#Cc1ccccc1.O=S(=O)(O)C(F)(F)F. The number of benzene rings is 1. The Morgan fingerprint density at radius 1 is 1.19 bits per heavy atom. The van der Waals surface area contributed by atoms with Gasteiger partial charge in [-0.25, -0.2) is 0 Å². The van der Waals surface area contributed by atoms with Gasteiger partial charge in [-0.2, -0.15) is 26.9 Å². The van der Waals surface area contributed by atoms with E-state index in [-0.39, 0.29) is 0 Å². The molecule has 8 heteroatoms. The fourth-order valence-corrected chi connectivity index (χ4v) is 0.513. The van der Waals surface area contributed by atoms with Crippen molar-refractivity contribution >= 4 is 10.1 Å². The molecule has 0 radical (unpaired) electrons. The van der Waals surface area contributed by atoms with Crippen LogP contribution in [0.1, 0.15) is 5.56 Å². The van der Waals surface area contributed by atoms with Crippen molar-refractivity contribution in [3.05, 3.63) is 35.9 Å². The van der Waals surface area contributed by atoms with E-state index in [4.69, 9.17) is 18.2 Å². The zero-order chi connectivity index (χ0) is 12.8. The average Bonchev–Trinajstić information content (AvgIpc) is 2.17. The predicted octanol–water partition coefficient (Wildman–Crippen LogP) is 1.95. The number of halogens is 3. The molecule has 88 valence electrons. The summed E-state index contributed by atoms with van der Waals surface area (Å²) in [5.41, 5.74) is -4.82. The molecular weight excluding hydrogens is 247 g/mol. The molecule has 0 unspecified atom stereocenters. The maximum Gasteiger partial charge on any atom is 0.522 e. The van der Waals surface area contributed by atoms with Gasteiger partial charge in [-0.05, 0) is 12.1 Å². The summed E-state index contributed by atoms with van der Waals surface area (Å²) in [5, 5.41) is 8.29. The number of alkyl halides is 3. The van der Waals surface area contributed by atoms with E-state index in [0.29, 0.717) is 5.56 Å². The first-order chi connectivity index (χ1) is 7.18. The molecule has 0 aliphatic heterocycles. The van der Waals surface area contributed by atoms with Gasteiger partial charge in [-0.1, -0.05) is 18.2 Å². The first-order valence-corrected chi connectivity index (χ1v) is 5.11. The lowest BCUT2D eigenvalue weighted by Gasteiger charge is -1.97. The van der Waals surface area contributed by atoms with Crippen LogP contribution >= 0.6 is 0 Å². The van der Waals surface area contributed by atoms with Crippen LogP contribution in [0.2, 0.25) is 0 Å². The molecule has 0 bridgehead atoms. The summed E-state index contributed by atoms with van der Waals surface area (Å²) in [6.07, 6.45) is 0. The third-order valence-electron chi connectivity index (χ3n) is 1.20. The summed E-state index contributed by atoms with van der Waals surface area (Å²) in [6.45, 7) is 0. The van der Waals surface area contributed by atoms with Gasteiger partial charge in [-0.15, -0.1) is 0 Å². The maximum atomic E-state index is 10.7. The lowest BCUT2D eigenvalue weighted by Crippen LogP contribution is -2.21. The topological polar surface area (TPSA) is 78.2 Å². The molecule has 0 heterocycles. The van der Waals surface area contributed by atoms with E-state index in [9.17, 15) is 13.2 Å². The Labute approximate surface area is 89.7 Å². The summed E-state index contributed by atoms with van der Waals surface area (Å²) in [4.78, 5) is 0. The van der Waals surface area contributed by atoms with Gasteiger partial charge in [-0.3, -0.25) is 4.55 Å². The van der Waals surface area contributed by atoms with Crippen molar-refractivity contribution in [1.29, 1.82) is 5.26 Å². The monoisotopic (exact) mass is 253 g/mol. The largest absolute Gasteiger partial charge is 0.522 e. The minimum absolute atomic E-state index is 0.715. The van der Waals surface area contributed by atoms with Crippen molar-refractivity contribution in [2.45, 2.75) is 5.51 Å². The smallest absolute Gasteiger partial charge is 0.279 e. The second-order valence-electron chi connectivity index (χ2n) is 2.40. The van der Waals surface area contributed by atoms with Gasteiger partial charge in [0, 0.05) is 0 Å². The van der Waals surface area contributed by atoms with Gasteiger partial charge < -0.3 is 0 Å². The average molecular weight is 253 g/mol. The number of rotatable bonds is 0. The maximum absolute atomic E-state index is 10.7. The molecule has 1 rings (SSSR count). The summed E-state index contributed by atoms with van der Waals surface area (Å²) >= 11 is 0. The number of nitriles is 1. The Morgan fingerprint density at radius 3 is 1.75 bits per heavy atom. The quantitative estimate of drug-likeness (QED) is 0.566. The minimum Gasteiger partial charge on any atom is -0.279 e. The third kappa shape index (κ3) is 5.33. The molecule has 1 aromatic rings. The second kappa shape index (κ2) is 5.48. The van der Waals surface area contributed by atoms with E-state index in [1.807, 2.05) is 24.3 Å². The fraction of sp³-hybridized carbons (Fsp3) is 0.125. The van der Waals surface area contributed by atoms with Gasteiger partial charge in [0.2, 0.25) is 0 Å². The minimum atomic E-state index is -5.84. The summed E-state index contributed by atoms with van der Waals surface area (Å²) in [7, 11) is -5.84. The molecule has 1 aromatic carbocycles. The molecular formula is C8H6F3NO3S. The van der Waals surface area contributed by atoms with Crippen molar-refractivity contribution in [2.75, 3.05) is 0 Å². The highest BCUT2D eigenvalue weighted by Gasteiger charge is 2.44. The third-order valence-corrected chi connectivity index (χ3v) is 1.78. The molecule has 0 aliphatic carbocycles. The van der Waals surface area contributed by atoms with Gasteiger partial charge in [0.15, 0.2) is 0 Å². The molecule has 0 atom stereocenters. The number of hydrogen-bond donors (Lipinski definition) is 1. The van der Waals surface area contributed by atoms with E-state index < -0.39 is 15.6 Å². The van der Waals surface area contributed by atoms with E-state index in [2.05, 4.69) is 0 Å². The van der Waals surface area contributed by atoms with E-state index in [0.717, 1.165) is 0 Å². The van der Waals surface area contributed by atoms with Crippen molar-refractivity contribution in [2.24, 2.45) is 0 Å².